The fourth-order valence-electron chi connectivity index (χ4n) is 7.56. The average molecular weight is 522 g/mol. The van der Waals surface area contributed by atoms with Gasteiger partial charge in [-0.15, -0.1) is 0 Å². The zero-order valence-corrected chi connectivity index (χ0v) is 22.4. The summed E-state index contributed by atoms with van der Waals surface area (Å²) in [4.78, 5) is 4.71. The third-order valence-corrected chi connectivity index (χ3v) is 9.36. The van der Waals surface area contributed by atoms with Crippen LogP contribution in [0.25, 0.3) is 21.8 Å². The normalized spacial score (nSPS) is 30.1. The largest absolute Gasteiger partial charge is 0.485 e. The molecule has 0 fully saturated rings. The Kier molecular flexibility index (Phi) is 5.52. The quantitative estimate of drug-likeness (QED) is 0.350. The Morgan fingerprint density at radius 2 is 1.93 bits per heavy atom. The smallest absolute Gasteiger partial charge is 0.128 e. The summed E-state index contributed by atoms with van der Waals surface area (Å²) in [6.07, 6.45) is 28.0. The summed E-state index contributed by atoms with van der Waals surface area (Å²) in [5, 5.41) is 12.4. The van der Waals surface area contributed by atoms with Crippen molar-refractivity contribution in [3.05, 3.63) is 114 Å². The number of ether oxygens (including phenoxy) is 1. The number of rotatable bonds is 3. The molecule has 0 amide bonds. The minimum atomic E-state index is -0.163. The molecular formula is C36H31N3O. The van der Waals surface area contributed by atoms with Gasteiger partial charge in [0.1, 0.15) is 11.9 Å². The summed E-state index contributed by atoms with van der Waals surface area (Å²) >= 11 is 0. The van der Waals surface area contributed by atoms with E-state index in [1.807, 2.05) is 18.4 Å². The molecule has 0 radical (unpaired) electrons. The summed E-state index contributed by atoms with van der Waals surface area (Å²) in [6.45, 7) is 0. The highest BCUT2D eigenvalue weighted by Gasteiger charge is 2.36. The van der Waals surface area contributed by atoms with Crippen molar-refractivity contribution in [2.24, 2.45) is 16.8 Å². The molecule has 0 N–H and O–H groups in total. The van der Waals surface area contributed by atoms with Crippen molar-refractivity contribution in [1.29, 1.82) is 5.26 Å². The number of nitrogens with zero attached hydrogens (tertiary/aromatic N) is 3. The van der Waals surface area contributed by atoms with Gasteiger partial charge in [-0.3, -0.25) is 4.99 Å². The van der Waals surface area contributed by atoms with Gasteiger partial charge in [0.2, 0.25) is 0 Å². The molecule has 0 bridgehead atoms. The van der Waals surface area contributed by atoms with Gasteiger partial charge < -0.3 is 9.30 Å². The number of hydrogen-bond donors (Lipinski definition) is 0. The van der Waals surface area contributed by atoms with Crippen LogP contribution in [0.5, 0.6) is 5.75 Å². The topological polar surface area (TPSA) is 50.3 Å². The molecule has 3 aliphatic carbocycles. The van der Waals surface area contributed by atoms with Crippen LogP contribution in [0.3, 0.4) is 0 Å². The van der Waals surface area contributed by atoms with Crippen LogP contribution in [0.15, 0.2) is 113 Å². The summed E-state index contributed by atoms with van der Waals surface area (Å²) in [7, 11) is 0. The molecule has 0 saturated heterocycles. The van der Waals surface area contributed by atoms with E-state index in [4.69, 9.17) is 9.73 Å². The Morgan fingerprint density at radius 1 is 1.00 bits per heavy atom. The van der Waals surface area contributed by atoms with Crippen molar-refractivity contribution in [1.82, 2.24) is 4.57 Å². The molecule has 4 nitrogen and oxygen atoms in total. The van der Waals surface area contributed by atoms with E-state index in [9.17, 15) is 5.26 Å². The van der Waals surface area contributed by atoms with Gasteiger partial charge in [0.25, 0.3) is 0 Å². The van der Waals surface area contributed by atoms with Gasteiger partial charge in [-0.1, -0.05) is 66.8 Å². The summed E-state index contributed by atoms with van der Waals surface area (Å²) < 4.78 is 9.00. The highest BCUT2D eigenvalue weighted by Crippen LogP contribution is 2.49. The lowest BCUT2D eigenvalue weighted by atomic mass is 9.79. The molecule has 8 rings (SSSR count). The third-order valence-electron chi connectivity index (χ3n) is 9.36. The molecule has 5 aliphatic rings. The summed E-state index contributed by atoms with van der Waals surface area (Å²) in [5.74, 6) is 1.36. The monoisotopic (exact) mass is 521 g/mol. The molecule has 2 aromatic carbocycles. The molecule has 5 unspecified atom stereocenters. The minimum absolute atomic E-state index is 0.0101. The first-order valence-electron chi connectivity index (χ1n) is 14.5. The molecule has 3 heterocycles. The van der Waals surface area contributed by atoms with Crippen LogP contribution < -0.4 is 4.74 Å². The molecule has 0 spiro atoms. The first-order valence-corrected chi connectivity index (χ1v) is 14.5. The summed E-state index contributed by atoms with van der Waals surface area (Å²) in [5.41, 5.74) is 6.67. The standard InChI is InChI=1S/C36H31N3O/c37-22-26-11-7-19-38-36(26)25-10-5-8-23(20-25)24-9-6-12-27(21-24)39-30-15-3-1-13-28(30)34-31(39)17-18-33-35(34)29-14-2-4-16-32(29)40-33/h1-5,7-9,11,13-20,25-27,29,32,36H,6,10,12,21H2/t25-,26?,27?,29?,32?,36?/m1/s1. The van der Waals surface area contributed by atoms with Crippen LogP contribution in [0, 0.1) is 23.2 Å². The van der Waals surface area contributed by atoms with E-state index in [-0.39, 0.29) is 29.9 Å². The zero-order chi connectivity index (χ0) is 26.6. The van der Waals surface area contributed by atoms with Gasteiger partial charge in [0.05, 0.1) is 18.0 Å². The minimum Gasteiger partial charge on any atom is -0.485 e. The SMILES string of the molecule is N#CC1C=CC=NC1[C@H]1C=C(C2=CCCC(n3c4ccccc4c4c5c(ccc43)OC3C=CC=CC53)C2)C=CC1. The maximum absolute atomic E-state index is 9.70. The van der Waals surface area contributed by atoms with Gasteiger partial charge >= 0.3 is 0 Å². The fourth-order valence-corrected chi connectivity index (χ4v) is 7.56. The second-order valence-corrected chi connectivity index (χ2v) is 11.6. The number of fused-ring (bicyclic) bond motifs is 7. The second kappa shape index (κ2) is 9.38. The Balaban J connectivity index is 1.18. The highest BCUT2D eigenvalue weighted by molar-refractivity contribution is 6.11. The number of dihydropyridines is 1. The number of para-hydroxylation sites is 1. The number of aromatic nitrogens is 1. The Labute approximate surface area is 234 Å². The van der Waals surface area contributed by atoms with Crippen LogP contribution in [0.2, 0.25) is 0 Å². The van der Waals surface area contributed by atoms with E-state index in [2.05, 4.69) is 95.6 Å². The summed E-state index contributed by atoms with van der Waals surface area (Å²) in [6, 6.07) is 16.2. The van der Waals surface area contributed by atoms with E-state index in [0.717, 1.165) is 31.4 Å². The van der Waals surface area contributed by atoms with Gasteiger partial charge in [-0.05, 0) is 67.2 Å². The predicted octanol–water partition coefficient (Wildman–Crippen LogP) is 8.07. The molecule has 3 aromatic rings. The number of nitriles is 1. The molecule has 196 valence electrons. The lowest BCUT2D eigenvalue weighted by Crippen LogP contribution is -2.27. The molecule has 1 aromatic heterocycles. The van der Waals surface area contributed by atoms with Crippen molar-refractivity contribution in [3.8, 4) is 11.8 Å². The molecule has 0 saturated carbocycles. The first-order chi connectivity index (χ1) is 19.8. The lowest BCUT2D eigenvalue weighted by Gasteiger charge is -2.30. The molecule has 40 heavy (non-hydrogen) atoms. The number of hydrogen-bond acceptors (Lipinski definition) is 3. The van der Waals surface area contributed by atoms with Crippen molar-refractivity contribution < 1.29 is 4.74 Å². The van der Waals surface area contributed by atoms with Crippen LogP contribution >= 0.6 is 0 Å². The molecule has 6 atom stereocenters. The molecular weight excluding hydrogens is 490 g/mol. The molecule has 4 heteroatoms. The number of aliphatic imine (C=N–C) groups is 1. The highest BCUT2D eigenvalue weighted by atomic mass is 16.5. The Bertz CT molecular complexity index is 1790. The van der Waals surface area contributed by atoms with Gasteiger partial charge in [0.15, 0.2) is 0 Å². The van der Waals surface area contributed by atoms with Gasteiger partial charge in [0, 0.05) is 51.5 Å². The van der Waals surface area contributed by atoms with E-state index in [1.165, 1.54) is 38.5 Å². The van der Waals surface area contributed by atoms with Gasteiger partial charge in [-0.2, -0.15) is 5.26 Å². The van der Waals surface area contributed by atoms with Crippen LogP contribution in [0.4, 0.5) is 0 Å². The first kappa shape index (κ1) is 23.5. The van der Waals surface area contributed by atoms with Crippen LogP contribution in [0.1, 0.15) is 43.2 Å². The van der Waals surface area contributed by atoms with Crippen molar-refractivity contribution in [2.75, 3.05) is 0 Å². The number of allylic oxidation sites excluding steroid dienone is 8. The average Bonchev–Trinajstić information content (AvgIpc) is 3.57. The maximum Gasteiger partial charge on any atom is 0.128 e. The van der Waals surface area contributed by atoms with Crippen molar-refractivity contribution in [3.63, 3.8) is 0 Å². The molecule has 2 aliphatic heterocycles. The van der Waals surface area contributed by atoms with Crippen LogP contribution in [-0.2, 0) is 0 Å². The van der Waals surface area contributed by atoms with E-state index >= 15 is 0 Å². The fraction of sp³-hybridized carbons (Fsp3) is 0.278. The zero-order valence-electron chi connectivity index (χ0n) is 22.4. The van der Waals surface area contributed by atoms with Gasteiger partial charge in [-0.25, -0.2) is 0 Å². The van der Waals surface area contributed by atoms with E-state index < -0.39 is 0 Å². The van der Waals surface area contributed by atoms with Crippen LogP contribution in [-0.4, -0.2) is 22.9 Å². The predicted molar refractivity (Wildman–Crippen MR) is 162 cm³/mol. The van der Waals surface area contributed by atoms with Crippen molar-refractivity contribution in [2.45, 2.75) is 49.8 Å². The van der Waals surface area contributed by atoms with E-state index in [1.54, 1.807) is 0 Å². The Morgan fingerprint density at radius 3 is 2.88 bits per heavy atom. The van der Waals surface area contributed by atoms with E-state index in [0.29, 0.717) is 6.04 Å². The Hall–Kier alpha value is -4.36. The third kappa shape index (κ3) is 3.61. The lowest BCUT2D eigenvalue weighted by molar-refractivity contribution is 0.269. The second-order valence-electron chi connectivity index (χ2n) is 11.6. The maximum atomic E-state index is 9.70. The van der Waals surface area contributed by atoms with Crippen molar-refractivity contribution >= 4 is 28.0 Å². The number of benzene rings is 2.